The summed E-state index contributed by atoms with van der Waals surface area (Å²) < 4.78 is 9.38. The highest BCUT2D eigenvalue weighted by molar-refractivity contribution is 6.36. The Hall–Kier alpha value is -2.61. The van der Waals surface area contributed by atoms with Crippen molar-refractivity contribution < 1.29 is 23.9 Å². The monoisotopic (exact) mass is 307 g/mol. The van der Waals surface area contributed by atoms with Crippen molar-refractivity contribution in [3.63, 3.8) is 0 Å². The third kappa shape index (κ3) is 6.23. The van der Waals surface area contributed by atoms with Crippen molar-refractivity contribution in [1.29, 1.82) is 0 Å². The van der Waals surface area contributed by atoms with Gasteiger partial charge in [-0.05, 0) is 19.1 Å². The number of carbonyl (C=O) groups is 3. The van der Waals surface area contributed by atoms with Gasteiger partial charge >= 0.3 is 5.97 Å². The van der Waals surface area contributed by atoms with E-state index in [4.69, 9.17) is 4.74 Å². The lowest BCUT2D eigenvalue weighted by molar-refractivity contribution is -0.145. The molecule has 1 aromatic rings. The number of ketones is 1. The van der Waals surface area contributed by atoms with Crippen LogP contribution in [0, 0.1) is 0 Å². The zero-order chi connectivity index (χ0) is 16.4. The number of hydrogen-bond acceptors (Lipinski definition) is 7. The maximum atomic E-state index is 11.8. The largest absolute Gasteiger partial charge is 0.434 e. The number of ether oxygens (including phenoxy) is 2. The number of amides is 1. The van der Waals surface area contributed by atoms with E-state index in [-0.39, 0.29) is 31.1 Å². The summed E-state index contributed by atoms with van der Waals surface area (Å²) in [6.07, 6.45) is 3.10. The molecule has 22 heavy (non-hydrogen) atoms. The molecule has 1 amide bonds. The first-order chi connectivity index (χ1) is 10.5. The number of methoxy groups -OCH3 is 1. The lowest BCUT2D eigenvalue weighted by Gasteiger charge is -2.06. The lowest BCUT2D eigenvalue weighted by atomic mass is 10.1. The fraction of sp³-hybridized carbons (Fsp3) is 0.357. The maximum Gasteiger partial charge on any atom is 0.356 e. The molecule has 1 heterocycles. The van der Waals surface area contributed by atoms with Crippen LogP contribution in [0.2, 0.25) is 0 Å². The summed E-state index contributed by atoms with van der Waals surface area (Å²) in [6, 6.07) is 3.01. The van der Waals surface area contributed by atoms with E-state index in [0.29, 0.717) is 5.56 Å². The van der Waals surface area contributed by atoms with E-state index in [1.807, 2.05) is 0 Å². The van der Waals surface area contributed by atoms with Crippen molar-refractivity contribution in [3.8, 4) is 0 Å². The minimum atomic E-state index is -0.752. The van der Waals surface area contributed by atoms with Gasteiger partial charge in [-0.25, -0.2) is 10.2 Å². The number of carbonyl (C=O) groups excluding carboxylic acids is 3. The molecular formula is C14H17N3O5. The van der Waals surface area contributed by atoms with Gasteiger partial charge in [0, 0.05) is 37.9 Å². The van der Waals surface area contributed by atoms with Crippen LogP contribution in [0.25, 0.3) is 0 Å². The number of esters is 1. The number of hydrazone groups is 1. The van der Waals surface area contributed by atoms with E-state index in [1.165, 1.54) is 38.6 Å². The first-order valence-corrected chi connectivity index (χ1v) is 6.47. The van der Waals surface area contributed by atoms with Crippen molar-refractivity contribution in [2.24, 2.45) is 5.10 Å². The Kier molecular flexibility index (Phi) is 7.41. The standard InChI is InChI=1S/C14H17N3O5/c1-10(18)3-4-12(14(20)22-9-21-2)16-17-13(19)11-5-7-15-8-6-11/h5-8H,3-4,9H2,1-2H3,(H,17,19)/b16-12-. The van der Waals surface area contributed by atoms with Gasteiger partial charge in [-0.15, -0.1) is 0 Å². The Balaban J connectivity index is 2.74. The summed E-state index contributed by atoms with van der Waals surface area (Å²) >= 11 is 0. The van der Waals surface area contributed by atoms with Crippen molar-refractivity contribution in [2.45, 2.75) is 19.8 Å². The summed E-state index contributed by atoms with van der Waals surface area (Å²) in [6.45, 7) is 1.16. The number of nitrogens with one attached hydrogen (secondary N) is 1. The molecular weight excluding hydrogens is 290 g/mol. The van der Waals surface area contributed by atoms with Crippen LogP contribution >= 0.6 is 0 Å². The van der Waals surface area contributed by atoms with Crippen LogP contribution in [0.15, 0.2) is 29.6 Å². The molecule has 0 aliphatic carbocycles. The van der Waals surface area contributed by atoms with E-state index in [2.05, 4.69) is 20.2 Å². The summed E-state index contributed by atoms with van der Waals surface area (Å²) in [5.41, 5.74) is 2.53. The fourth-order valence-electron chi connectivity index (χ4n) is 1.38. The third-order valence-electron chi connectivity index (χ3n) is 2.49. The van der Waals surface area contributed by atoms with E-state index < -0.39 is 11.9 Å². The number of rotatable bonds is 8. The molecule has 0 saturated carbocycles. The summed E-state index contributed by atoms with van der Waals surface area (Å²) in [7, 11) is 1.37. The highest BCUT2D eigenvalue weighted by Crippen LogP contribution is 1.99. The molecule has 0 bridgehead atoms. The molecule has 0 saturated heterocycles. The lowest BCUT2D eigenvalue weighted by Crippen LogP contribution is -2.25. The predicted octanol–water partition coefficient (Wildman–Crippen LogP) is 0.684. The van der Waals surface area contributed by atoms with Gasteiger partial charge in [0.25, 0.3) is 5.91 Å². The maximum absolute atomic E-state index is 11.8. The molecule has 0 unspecified atom stereocenters. The van der Waals surface area contributed by atoms with Crippen LogP contribution in [0.4, 0.5) is 0 Å². The Bertz CT molecular complexity index is 557. The Morgan fingerprint density at radius 2 is 1.91 bits per heavy atom. The molecule has 0 fully saturated rings. The topological polar surface area (TPSA) is 107 Å². The zero-order valence-corrected chi connectivity index (χ0v) is 12.4. The number of hydrogen-bond donors (Lipinski definition) is 1. The average molecular weight is 307 g/mol. The number of nitrogens with zero attached hydrogens (tertiary/aromatic N) is 2. The smallest absolute Gasteiger partial charge is 0.356 e. The Morgan fingerprint density at radius 3 is 2.50 bits per heavy atom. The second-order valence-electron chi connectivity index (χ2n) is 4.28. The van der Waals surface area contributed by atoms with E-state index in [1.54, 1.807) is 0 Å². The highest BCUT2D eigenvalue weighted by Gasteiger charge is 2.15. The molecule has 0 radical (unpaired) electrons. The summed E-state index contributed by atoms with van der Waals surface area (Å²) in [5, 5.41) is 3.74. The number of aromatic nitrogens is 1. The quantitative estimate of drug-likeness (QED) is 0.327. The molecule has 0 aromatic carbocycles. The summed E-state index contributed by atoms with van der Waals surface area (Å²) in [4.78, 5) is 38.4. The van der Waals surface area contributed by atoms with Crippen molar-refractivity contribution in [1.82, 2.24) is 10.4 Å². The van der Waals surface area contributed by atoms with Crippen molar-refractivity contribution in [3.05, 3.63) is 30.1 Å². The normalized spacial score (nSPS) is 10.9. The zero-order valence-electron chi connectivity index (χ0n) is 12.4. The molecule has 0 atom stereocenters. The van der Waals surface area contributed by atoms with Crippen molar-refractivity contribution in [2.75, 3.05) is 13.9 Å². The molecule has 0 aliphatic heterocycles. The van der Waals surface area contributed by atoms with Crippen LogP contribution in [0.1, 0.15) is 30.1 Å². The predicted molar refractivity (Wildman–Crippen MR) is 77.0 cm³/mol. The van der Waals surface area contributed by atoms with Crippen molar-refractivity contribution >= 4 is 23.4 Å². The van der Waals surface area contributed by atoms with Crippen LogP contribution in [-0.4, -0.2) is 42.3 Å². The molecule has 1 N–H and O–H groups in total. The van der Waals surface area contributed by atoms with Gasteiger partial charge in [-0.2, -0.15) is 5.10 Å². The molecule has 1 aromatic heterocycles. The molecule has 118 valence electrons. The highest BCUT2D eigenvalue weighted by atomic mass is 16.7. The Labute approximate surface area is 127 Å². The van der Waals surface area contributed by atoms with Gasteiger partial charge in [-0.3, -0.25) is 9.78 Å². The van der Waals surface area contributed by atoms with Crippen LogP contribution in [-0.2, 0) is 19.1 Å². The van der Waals surface area contributed by atoms with E-state index in [9.17, 15) is 14.4 Å². The van der Waals surface area contributed by atoms with Crippen LogP contribution < -0.4 is 5.43 Å². The molecule has 8 heteroatoms. The van der Waals surface area contributed by atoms with E-state index in [0.717, 1.165) is 0 Å². The minimum absolute atomic E-state index is 0.0605. The molecule has 1 rings (SSSR count). The second-order valence-corrected chi connectivity index (χ2v) is 4.28. The van der Waals surface area contributed by atoms with E-state index >= 15 is 0 Å². The fourth-order valence-corrected chi connectivity index (χ4v) is 1.38. The average Bonchev–Trinajstić information content (AvgIpc) is 2.52. The number of pyridine rings is 1. The summed E-state index contributed by atoms with van der Waals surface area (Å²) in [5.74, 6) is -1.35. The molecule has 8 nitrogen and oxygen atoms in total. The van der Waals surface area contributed by atoms with Gasteiger partial charge in [0.1, 0.15) is 11.5 Å². The van der Waals surface area contributed by atoms with Gasteiger partial charge in [0.2, 0.25) is 0 Å². The third-order valence-corrected chi connectivity index (χ3v) is 2.49. The van der Waals surface area contributed by atoms with Crippen LogP contribution in [0.5, 0.6) is 0 Å². The number of Topliss-reactive ketones (excluding diaryl/α,β-unsaturated/α-hetero) is 1. The first kappa shape index (κ1) is 17.4. The van der Waals surface area contributed by atoms with Crippen LogP contribution in [0.3, 0.4) is 0 Å². The van der Waals surface area contributed by atoms with Gasteiger partial charge in [0.15, 0.2) is 6.79 Å². The van der Waals surface area contributed by atoms with Gasteiger partial charge in [-0.1, -0.05) is 0 Å². The van der Waals surface area contributed by atoms with Gasteiger partial charge < -0.3 is 14.3 Å². The second kappa shape index (κ2) is 9.35. The SMILES string of the molecule is COCOC(=O)/C(CCC(C)=O)=N\NC(=O)c1ccncc1. The van der Waals surface area contributed by atoms with Gasteiger partial charge in [0.05, 0.1) is 0 Å². The molecule has 0 spiro atoms. The molecule has 0 aliphatic rings. The first-order valence-electron chi connectivity index (χ1n) is 6.47. The Morgan fingerprint density at radius 1 is 1.23 bits per heavy atom. The minimum Gasteiger partial charge on any atom is -0.434 e.